The summed E-state index contributed by atoms with van der Waals surface area (Å²) in [4.78, 5) is 23.3. The maximum absolute atomic E-state index is 13.4. The van der Waals surface area contributed by atoms with Crippen LogP contribution in [0.1, 0.15) is 16.8 Å². The van der Waals surface area contributed by atoms with Crippen molar-refractivity contribution in [1.29, 1.82) is 0 Å². The van der Waals surface area contributed by atoms with Crippen LogP contribution in [-0.2, 0) is 9.53 Å². The number of nitrogens with one attached hydrogen (secondary N) is 2. The van der Waals surface area contributed by atoms with Crippen molar-refractivity contribution in [3.63, 3.8) is 0 Å². The number of carbonyl (C=O) groups excluding carboxylic acids is 2. The fraction of sp³-hybridized carbons (Fsp3) is 0.385. The van der Waals surface area contributed by atoms with Crippen LogP contribution in [0.25, 0.3) is 0 Å². The molecule has 2 atom stereocenters. The average Bonchev–Trinajstić information content (AvgIpc) is 2.87. The van der Waals surface area contributed by atoms with Crippen LogP contribution in [0.2, 0.25) is 0 Å². The second-order valence-corrected chi connectivity index (χ2v) is 4.53. The van der Waals surface area contributed by atoms with Gasteiger partial charge in [-0.05, 0) is 24.6 Å². The Kier molecular flexibility index (Phi) is 4.31. The minimum absolute atomic E-state index is 0.246. The smallest absolute Gasteiger partial charge is 0.340 e. The normalized spacial score (nSPS) is 21.6. The maximum atomic E-state index is 13.4. The van der Waals surface area contributed by atoms with E-state index in [1.54, 1.807) is 0 Å². The molecule has 0 spiro atoms. The molecule has 2 unspecified atom stereocenters. The SMILES string of the molecule is COC(=O)c1cc(NC(=O)C2CC(O)CN2)ccc1F. The van der Waals surface area contributed by atoms with E-state index in [-0.39, 0.29) is 11.5 Å². The summed E-state index contributed by atoms with van der Waals surface area (Å²) in [5.41, 5.74) is 0.0460. The number of halogens is 1. The first-order chi connectivity index (χ1) is 9.51. The van der Waals surface area contributed by atoms with E-state index in [0.29, 0.717) is 18.7 Å². The summed E-state index contributed by atoms with van der Waals surface area (Å²) in [7, 11) is 1.15. The predicted molar refractivity (Wildman–Crippen MR) is 68.8 cm³/mol. The van der Waals surface area contributed by atoms with Gasteiger partial charge in [-0.1, -0.05) is 0 Å². The molecule has 6 nitrogen and oxygen atoms in total. The average molecular weight is 282 g/mol. The predicted octanol–water partition coefficient (Wildman–Crippen LogP) is 0.274. The molecule has 0 aromatic heterocycles. The van der Waals surface area contributed by atoms with Crippen LogP contribution in [0.5, 0.6) is 0 Å². The molecule has 2 rings (SSSR count). The second-order valence-electron chi connectivity index (χ2n) is 4.53. The van der Waals surface area contributed by atoms with Gasteiger partial charge in [0, 0.05) is 12.2 Å². The fourth-order valence-electron chi connectivity index (χ4n) is 2.02. The zero-order valence-electron chi connectivity index (χ0n) is 10.9. The maximum Gasteiger partial charge on any atom is 0.340 e. The van der Waals surface area contributed by atoms with Crippen molar-refractivity contribution in [1.82, 2.24) is 5.32 Å². The summed E-state index contributed by atoms with van der Waals surface area (Å²) < 4.78 is 17.9. The number of amides is 1. The summed E-state index contributed by atoms with van der Waals surface area (Å²) in [6, 6.07) is 3.14. The Balaban J connectivity index is 2.10. The van der Waals surface area contributed by atoms with Crippen LogP contribution in [0.4, 0.5) is 10.1 Å². The monoisotopic (exact) mass is 282 g/mol. The van der Waals surface area contributed by atoms with E-state index in [4.69, 9.17) is 0 Å². The molecular formula is C13H15FN2O4. The molecule has 1 amide bonds. The number of benzene rings is 1. The largest absolute Gasteiger partial charge is 0.465 e. The zero-order chi connectivity index (χ0) is 14.7. The fourth-order valence-corrected chi connectivity index (χ4v) is 2.02. The topological polar surface area (TPSA) is 87.7 Å². The number of hydrogen-bond donors (Lipinski definition) is 3. The van der Waals surface area contributed by atoms with Crippen molar-refractivity contribution in [3.8, 4) is 0 Å². The molecule has 108 valence electrons. The van der Waals surface area contributed by atoms with Gasteiger partial charge in [0.05, 0.1) is 24.8 Å². The van der Waals surface area contributed by atoms with Crippen LogP contribution < -0.4 is 10.6 Å². The van der Waals surface area contributed by atoms with E-state index in [1.165, 1.54) is 12.1 Å². The lowest BCUT2D eigenvalue weighted by Crippen LogP contribution is -2.35. The van der Waals surface area contributed by atoms with E-state index in [0.717, 1.165) is 13.2 Å². The van der Waals surface area contributed by atoms with Crippen LogP contribution >= 0.6 is 0 Å². The first-order valence-electron chi connectivity index (χ1n) is 6.11. The molecule has 3 N–H and O–H groups in total. The molecule has 20 heavy (non-hydrogen) atoms. The first kappa shape index (κ1) is 14.4. The number of aliphatic hydroxyl groups is 1. The van der Waals surface area contributed by atoms with E-state index >= 15 is 0 Å². The second kappa shape index (κ2) is 5.98. The Morgan fingerprint density at radius 3 is 2.85 bits per heavy atom. The Bertz CT molecular complexity index is 535. The van der Waals surface area contributed by atoms with Gasteiger partial charge in [0.15, 0.2) is 0 Å². The van der Waals surface area contributed by atoms with Gasteiger partial charge in [0.25, 0.3) is 0 Å². The number of esters is 1. The molecule has 1 heterocycles. The molecule has 1 aromatic carbocycles. The number of β-amino-alcohol motifs (C(OH)–C–C–N with tert-alkyl or cyclic N) is 1. The van der Waals surface area contributed by atoms with Gasteiger partial charge in [0.2, 0.25) is 5.91 Å². The molecule has 0 radical (unpaired) electrons. The number of anilines is 1. The highest BCUT2D eigenvalue weighted by Gasteiger charge is 2.28. The number of rotatable bonds is 3. The van der Waals surface area contributed by atoms with Crippen molar-refractivity contribution in [3.05, 3.63) is 29.6 Å². The van der Waals surface area contributed by atoms with Gasteiger partial charge in [-0.15, -0.1) is 0 Å². The molecule has 1 fully saturated rings. The molecule has 0 bridgehead atoms. The number of methoxy groups -OCH3 is 1. The quantitative estimate of drug-likeness (QED) is 0.693. The van der Waals surface area contributed by atoms with Gasteiger partial charge in [-0.3, -0.25) is 4.79 Å². The molecule has 0 saturated carbocycles. The molecular weight excluding hydrogens is 267 g/mol. The van der Waals surface area contributed by atoms with E-state index in [2.05, 4.69) is 15.4 Å². The lowest BCUT2D eigenvalue weighted by atomic mass is 10.1. The molecule has 0 aliphatic carbocycles. The Labute approximate surface area is 114 Å². The van der Waals surface area contributed by atoms with Crippen LogP contribution in [-0.4, -0.2) is 42.8 Å². The van der Waals surface area contributed by atoms with Crippen molar-refractivity contribution >= 4 is 17.6 Å². The minimum atomic E-state index is -0.812. The minimum Gasteiger partial charge on any atom is -0.465 e. The Morgan fingerprint density at radius 2 is 2.25 bits per heavy atom. The van der Waals surface area contributed by atoms with Gasteiger partial charge in [-0.25, -0.2) is 9.18 Å². The third-order valence-electron chi connectivity index (χ3n) is 3.06. The molecule has 1 aromatic rings. The van der Waals surface area contributed by atoms with Crippen molar-refractivity contribution < 1.29 is 23.8 Å². The van der Waals surface area contributed by atoms with Crippen LogP contribution in [0.3, 0.4) is 0 Å². The first-order valence-corrected chi connectivity index (χ1v) is 6.11. The highest BCUT2D eigenvalue weighted by atomic mass is 19.1. The molecule has 1 saturated heterocycles. The summed E-state index contributed by atoms with van der Waals surface area (Å²) in [6.45, 7) is 0.356. The van der Waals surface area contributed by atoms with Gasteiger partial charge >= 0.3 is 5.97 Å². The number of aliphatic hydroxyl groups excluding tert-OH is 1. The molecule has 1 aliphatic rings. The van der Waals surface area contributed by atoms with Crippen molar-refractivity contribution in [2.45, 2.75) is 18.6 Å². The van der Waals surface area contributed by atoms with Crippen molar-refractivity contribution in [2.75, 3.05) is 19.0 Å². The zero-order valence-corrected chi connectivity index (χ0v) is 10.9. The van der Waals surface area contributed by atoms with Crippen LogP contribution in [0.15, 0.2) is 18.2 Å². The summed E-state index contributed by atoms with van der Waals surface area (Å²) in [6.07, 6.45) is -0.235. The third kappa shape index (κ3) is 3.12. The van der Waals surface area contributed by atoms with E-state index in [9.17, 15) is 19.1 Å². The Hall–Kier alpha value is -1.99. The lowest BCUT2D eigenvalue weighted by molar-refractivity contribution is -0.117. The molecule has 1 aliphatic heterocycles. The summed E-state index contributed by atoms with van der Waals surface area (Å²) in [5, 5.41) is 14.8. The third-order valence-corrected chi connectivity index (χ3v) is 3.06. The van der Waals surface area contributed by atoms with Gasteiger partial charge < -0.3 is 20.5 Å². The summed E-state index contributed by atoms with van der Waals surface area (Å²) >= 11 is 0. The number of hydrogen-bond acceptors (Lipinski definition) is 5. The molecule has 7 heteroatoms. The number of carbonyl (C=O) groups is 2. The highest BCUT2D eigenvalue weighted by molar-refractivity contribution is 5.97. The van der Waals surface area contributed by atoms with E-state index < -0.39 is 23.9 Å². The van der Waals surface area contributed by atoms with Gasteiger partial charge in [-0.2, -0.15) is 0 Å². The standard InChI is InChI=1S/C13H15FN2O4/c1-20-13(19)9-4-7(2-3-10(9)14)16-12(18)11-5-8(17)6-15-11/h2-4,8,11,15,17H,5-6H2,1H3,(H,16,18). The van der Waals surface area contributed by atoms with E-state index in [1.807, 2.05) is 0 Å². The Morgan fingerprint density at radius 1 is 1.50 bits per heavy atom. The highest BCUT2D eigenvalue weighted by Crippen LogP contribution is 2.17. The number of ether oxygens (including phenoxy) is 1. The van der Waals surface area contributed by atoms with Crippen molar-refractivity contribution in [2.24, 2.45) is 0 Å². The summed E-state index contributed by atoms with van der Waals surface area (Å²) in [5.74, 6) is -1.87. The van der Waals surface area contributed by atoms with Crippen LogP contribution in [0, 0.1) is 5.82 Å². The van der Waals surface area contributed by atoms with Gasteiger partial charge in [0.1, 0.15) is 5.82 Å². The lowest BCUT2D eigenvalue weighted by Gasteiger charge is -2.12.